The van der Waals surface area contributed by atoms with Crippen molar-refractivity contribution >= 4 is 49.4 Å². The molecule has 0 amide bonds. The van der Waals surface area contributed by atoms with E-state index in [0.717, 1.165) is 0 Å². The van der Waals surface area contributed by atoms with Crippen molar-refractivity contribution in [3.63, 3.8) is 0 Å². The van der Waals surface area contributed by atoms with Gasteiger partial charge in [0.25, 0.3) is 0 Å². The molecular weight excluding hydrogens is 402 g/mol. The van der Waals surface area contributed by atoms with E-state index >= 15 is 0 Å². The van der Waals surface area contributed by atoms with E-state index in [1.807, 2.05) is 0 Å². The van der Waals surface area contributed by atoms with Gasteiger partial charge >= 0.3 is 5.97 Å². The van der Waals surface area contributed by atoms with Crippen LogP contribution in [0.4, 0.5) is 4.39 Å². The Hall–Kier alpha value is -0.910. The van der Waals surface area contributed by atoms with Crippen LogP contribution in [-0.2, 0) is 0 Å². The predicted octanol–water partition coefficient (Wildman–Crippen LogP) is 5.37. The topological polar surface area (TPSA) is 37.3 Å². The zero-order valence-corrected chi connectivity index (χ0v) is 13.2. The minimum atomic E-state index is -1.13. The molecule has 0 aliphatic rings. The summed E-state index contributed by atoms with van der Waals surface area (Å²) in [5.74, 6) is -1.78. The number of carboxylic acids is 1. The van der Waals surface area contributed by atoms with E-state index in [9.17, 15) is 14.3 Å². The van der Waals surface area contributed by atoms with Gasteiger partial charge in [0, 0.05) is 14.5 Å². The first kappa shape index (κ1) is 14.5. The molecule has 0 aliphatic heterocycles. The van der Waals surface area contributed by atoms with E-state index in [1.54, 1.807) is 12.1 Å². The third kappa shape index (κ3) is 2.83. The molecule has 2 rings (SSSR count). The molecule has 0 fully saturated rings. The number of benzene rings is 2. The molecule has 0 aliphatic carbocycles. The molecule has 0 unspecified atom stereocenters. The molecule has 0 aromatic heterocycles. The van der Waals surface area contributed by atoms with Crippen molar-refractivity contribution in [3.8, 4) is 11.1 Å². The summed E-state index contributed by atoms with van der Waals surface area (Å²) in [6, 6.07) is 7.68. The molecule has 2 aromatic carbocycles. The summed E-state index contributed by atoms with van der Waals surface area (Å²) in [6.45, 7) is 0. The molecule has 0 bridgehead atoms. The van der Waals surface area contributed by atoms with Crippen LogP contribution in [0.15, 0.2) is 39.3 Å². The number of aromatic carboxylic acids is 1. The van der Waals surface area contributed by atoms with Gasteiger partial charge in [-0.1, -0.05) is 39.7 Å². The Morgan fingerprint density at radius 1 is 1.16 bits per heavy atom. The Kier molecular flexibility index (Phi) is 4.28. The number of carboxylic acid groups (broad SMARTS) is 1. The lowest BCUT2D eigenvalue weighted by Gasteiger charge is -2.10. The molecule has 0 atom stereocenters. The fraction of sp³-hybridized carbons (Fsp3) is 0. The number of halogens is 4. The van der Waals surface area contributed by atoms with Crippen LogP contribution in [0.2, 0.25) is 5.02 Å². The number of rotatable bonds is 2. The molecule has 0 radical (unpaired) electrons. The Morgan fingerprint density at radius 3 is 2.42 bits per heavy atom. The van der Waals surface area contributed by atoms with E-state index in [0.29, 0.717) is 8.95 Å². The number of hydrogen-bond donors (Lipinski definition) is 1. The molecule has 0 spiro atoms. The summed E-state index contributed by atoms with van der Waals surface area (Å²) in [6.07, 6.45) is 0. The average Bonchev–Trinajstić information content (AvgIpc) is 2.37. The Morgan fingerprint density at radius 2 is 1.79 bits per heavy atom. The van der Waals surface area contributed by atoms with Crippen LogP contribution in [0.5, 0.6) is 0 Å². The largest absolute Gasteiger partial charge is 0.478 e. The second-order valence-electron chi connectivity index (χ2n) is 3.72. The minimum absolute atomic E-state index is 0.00617. The minimum Gasteiger partial charge on any atom is -0.478 e. The first-order valence-corrected chi connectivity index (χ1v) is 7.05. The average molecular weight is 408 g/mol. The normalized spacial score (nSPS) is 10.5. The van der Waals surface area contributed by atoms with Gasteiger partial charge in [-0.2, -0.15) is 0 Å². The smallest absolute Gasteiger partial charge is 0.336 e. The van der Waals surface area contributed by atoms with Gasteiger partial charge in [0.15, 0.2) is 5.82 Å². The van der Waals surface area contributed by atoms with Gasteiger partial charge in [0.1, 0.15) is 0 Å². The second-order valence-corrected chi connectivity index (χ2v) is 5.87. The van der Waals surface area contributed by atoms with Crippen LogP contribution >= 0.6 is 43.5 Å². The van der Waals surface area contributed by atoms with E-state index in [-0.39, 0.29) is 21.7 Å². The van der Waals surface area contributed by atoms with Crippen molar-refractivity contribution in [1.29, 1.82) is 0 Å². The molecule has 98 valence electrons. The number of carbonyl (C=O) groups is 1. The quantitative estimate of drug-likeness (QED) is 0.679. The van der Waals surface area contributed by atoms with Crippen molar-refractivity contribution < 1.29 is 14.3 Å². The maximum absolute atomic E-state index is 14.1. The lowest BCUT2D eigenvalue weighted by atomic mass is 9.99. The summed E-state index contributed by atoms with van der Waals surface area (Å²) in [4.78, 5) is 11.2. The molecule has 2 aromatic rings. The summed E-state index contributed by atoms with van der Waals surface area (Å²) < 4.78 is 15.2. The van der Waals surface area contributed by atoms with Crippen LogP contribution < -0.4 is 0 Å². The molecule has 0 saturated heterocycles. The SMILES string of the molecule is O=C(O)c1cc(Br)ccc1-c1ccc(Br)c(Cl)c1F. The third-order valence-electron chi connectivity index (χ3n) is 2.54. The maximum atomic E-state index is 14.1. The first-order valence-electron chi connectivity index (χ1n) is 5.08. The molecule has 19 heavy (non-hydrogen) atoms. The zero-order valence-electron chi connectivity index (χ0n) is 9.25. The van der Waals surface area contributed by atoms with Crippen molar-refractivity contribution in [2.24, 2.45) is 0 Å². The second kappa shape index (κ2) is 5.61. The molecular formula is C13H6Br2ClFO2. The van der Waals surface area contributed by atoms with Gasteiger partial charge in [0.05, 0.1) is 10.6 Å². The summed E-state index contributed by atoms with van der Waals surface area (Å²) in [7, 11) is 0. The van der Waals surface area contributed by atoms with Gasteiger partial charge in [-0.25, -0.2) is 9.18 Å². The predicted molar refractivity (Wildman–Crippen MR) is 79.2 cm³/mol. The highest BCUT2D eigenvalue weighted by atomic mass is 79.9. The summed E-state index contributed by atoms with van der Waals surface area (Å²) in [5.41, 5.74) is 0.437. The van der Waals surface area contributed by atoms with Crippen molar-refractivity contribution in [1.82, 2.24) is 0 Å². The van der Waals surface area contributed by atoms with Crippen molar-refractivity contribution in [2.75, 3.05) is 0 Å². The van der Waals surface area contributed by atoms with Crippen molar-refractivity contribution in [2.45, 2.75) is 0 Å². The maximum Gasteiger partial charge on any atom is 0.336 e. The third-order valence-corrected chi connectivity index (χ3v) is 4.29. The highest BCUT2D eigenvalue weighted by Crippen LogP contribution is 2.35. The Balaban J connectivity index is 2.72. The monoisotopic (exact) mass is 406 g/mol. The fourth-order valence-electron chi connectivity index (χ4n) is 1.66. The summed E-state index contributed by atoms with van der Waals surface area (Å²) in [5, 5.41) is 9.11. The highest BCUT2D eigenvalue weighted by molar-refractivity contribution is 9.10. The lowest BCUT2D eigenvalue weighted by molar-refractivity contribution is 0.0697. The van der Waals surface area contributed by atoms with Gasteiger partial charge < -0.3 is 5.11 Å². The van der Waals surface area contributed by atoms with E-state index in [1.165, 1.54) is 18.2 Å². The summed E-state index contributed by atoms with van der Waals surface area (Å²) >= 11 is 12.1. The molecule has 2 nitrogen and oxygen atoms in total. The van der Waals surface area contributed by atoms with Crippen LogP contribution in [0.25, 0.3) is 11.1 Å². The Labute approximate surface area is 130 Å². The standard InChI is InChI=1S/C13H6Br2ClFO2/c14-6-1-2-7(9(5-6)13(18)19)8-3-4-10(15)11(16)12(8)17/h1-5H,(H,18,19). The van der Waals surface area contributed by atoms with E-state index < -0.39 is 11.8 Å². The number of hydrogen-bond acceptors (Lipinski definition) is 1. The van der Waals surface area contributed by atoms with Gasteiger partial charge in [0.2, 0.25) is 0 Å². The molecule has 6 heteroatoms. The van der Waals surface area contributed by atoms with Crippen LogP contribution in [0, 0.1) is 5.82 Å². The lowest BCUT2D eigenvalue weighted by Crippen LogP contribution is -2.01. The molecule has 0 saturated carbocycles. The zero-order chi connectivity index (χ0) is 14.2. The highest BCUT2D eigenvalue weighted by Gasteiger charge is 2.18. The van der Waals surface area contributed by atoms with Crippen LogP contribution in [-0.4, -0.2) is 11.1 Å². The van der Waals surface area contributed by atoms with Gasteiger partial charge in [-0.05, 0) is 39.7 Å². The van der Waals surface area contributed by atoms with Crippen LogP contribution in [0.3, 0.4) is 0 Å². The van der Waals surface area contributed by atoms with E-state index in [2.05, 4.69) is 31.9 Å². The van der Waals surface area contributed by atoms with E-state index in [4.69, 9.17) is 11.6 Å². The molecule has 0 heterocycles. The van der Waals surface area contributed by atoms with Crippen LogP contribution in [0.1, 0.15) is 10.4 Å². The van der Waals surface area contributed by atoms with Crippen molar-refractivity contribution in [3.05, 3.63) is 55.7 Å². The Bertz CT molecular complexity index is 674. The van der Waals surface area contributed by atoms with Gasteiger partial charge in [-0.3, -0.25) is 0 Å². The van der Waals surface area contributed by atoms with Gasteiger partial charge in [-0.15, -0.1) is 0 Å². The first-order chi connectivity index (χ1) is 8.91. The fourth-order valence-corrected chi connectivity index (χ4v) is 2.49. The molecule has 1 N–H and O–H groups in total.